The zero-order valence-electron chi connectivity index (χ0n) is 25.4. The zero-order chi connectivity index (χ0) is 32.1. The van der Waals surface area contributed by atoms with Gasteiger partial charge in [0.2, 0.25) is 0 Å². The van der Waals surface area contributed by atoms with Crippen LogP contribution in [0, 0.1) is 0 Å². The van der Waals surface area contributed by atoms with E-state index in [-0.39, 0.29) is 42.0 Å². The molecule has 2 aliphatic heterocycles. The fraction of sp³-hybridized carbons (Fsp3) is 0.594. The maximum absolute atomic E-state index is 15.2. The average Bonchev–Trinajstić information content (AvgIpc) is 3.35. The van der Waals surface area contributed by atoms with Crippen molar-refractivity contribution in [3.63, 3.8) is 0 Å². The lowest BCUT2D eigenvalue weighted by Gasteiger charge is -2.36. The van der Waals surface area contributed by atoms with Gasteiger partial charge in [0.25, 0.3) is 11.5 Å². The molecule has 1 unspecified atom stereocenters. The minimum Gasteiger partial charge on any atom is -0.372 e. The number of aromatic amines is 1. The van der Waals surface area contributed by atoms with Gasteiger partial charge in [-0.25, -0.2) is 18.3 Å². The number of alkyl halides is 5. The first-order valence-corrected chi connectivity index (χ1v) is 15.4. The predicted octanol–water partition coefficient (Wildman–Crippen LogP) is 7.82. The van der Waals surface area contributed by atoms with Crippen molar-refractivity contribution in [2.75, 3.05) is 26.2 Å². The number of unbranched alkanes of at least 4 members (excludes halogenated alkanes) is 2. The molecular weight excluding hydrogens is 584 g/mol. The van der Waals surface area contributed by atoms with Crippen LogP contribution in [0.25, 0.3) is 0 Å². The van der Waals surface area contributed by atoms with Crippen molar-refractivity contribution in [1.82, 2.24) is 20.0 Å². The molecule has 1 atom stereocenters. The number of H-pyrrole nitrogens is 1. The first kappa shape index (κ1) is 33.7. The Morgan fingerprint density at radius 1 is 1.11 bits per heavy atom. The summed E-state index contributed by atoms with van der Waals surface area (Å²) >= 11 is 0. The van der Waals surface area contributed by atoms with E-state index in [1.807, 2.05) is 23.0 Å². The number of allylic oxidation sites excluding steroid dienone is 4. The van der Waals surface area contributed by atoms with Gasteiger partial charge < -0.3 is 4.90 Å². The molecule has 6 nitrogen and oxygen atoms in total. The molecule has 0 bridgehead atoms. The van der Waals surface area contributed by atoms with Crippen LogP contribution in [0.15, 0.2) is 56.9 Å². The molecule has 12 heteroatoms. The molecule has 0 saturated carbocycles. The van der Waals surface area contributed by atoms with Crippen LogP contribution in [-0.4, -0.2) is 58.3 Å². The smallest absolute Gasteiger partial charge is 0.372 e. The summed E-state index contributed by atoms with van der Waals surface area (Å²) in [5.74, 6) is -3.19. The molecule has 0 spiro atoms. The van der Waals surface area contributed by atoms with Gasteiger partial charge in [0.1, 0.15) is 11.4 Å². The summed E-state index contributed by atoms with van der Waals surface area (Å²) in [6.45, 7) is 8.98. The molecule has 0 fully saturated rings. The van der Waals surface area contributed by atoms with Gasteiger partial charge in [0.05, 0.1) is 11.7 Å². The van der Waals surface area contributed by atoms with Gasteiger partial charge in [-0.05, 0) is 56.9 Å². The summed E-state index contributed by atoms with van der Waals surface area (Å²) < 4.78 is 83.5. The van der Waals surface area contributed by atoms with Gasteiger partial charge in [-0.3, -0.25) is 14.7 Å². The topological polar surface area (TPSA) is 64.6 Å². The van der Waals surface area contributed by atoms with Crippen LogP contribution in [0.5, 0.6) is 0 Å². The van der Waals surface area contributed by atoms with Crippen LogP contribution in [0.2, 0.25) is 0 Å². The molecule has 1 aromatic rings. The van der Waals surface area contributed by atoms with E-state index in [1.54, 1.807) is 0 Å². The summed E-state index contributed by atoms with van der Waals surface area (Å²) in [6, 6.07) is -0.459. The normalized spacial score (nSPS) is 22.9. The largest absolute Gasteiger partial charge is 0.422 e. The summed E-state index contributed by atoms with van der Waals surface area (Å²) in [5, 5.41) is 6.00. The number of rotatable bonds is 12. The maximum Gasteiger partial charge on any atom is 0.422 e. The Kier molecular flexibility index (Phi) is 11.0. The molecule has 0 radical (unpaired) electrons. The third-order valence-electron chi connectivity index (χ3n) is 8.50. The van der Waals surface area contributed by atoms with Gasteiger partial charge in [-0.15, -0.1) is 0 Å². The van der Waals surface area contributed by atoms with E-state index in [0.29, 0.717) is 56.6 Å². The molecule has 0 aromatic carbocycles. The number of nitrogens with one attached hydrogen (secondary N) is 1. The SMILES string of the molecule is C=C(C1=C(F)CCN(C2CCc3c2n[nH]c(=O)c3C(F)(F)F)C1)N(CCC)CCCCCC1=C\CC\C=C(C(C)(F)F)/C=N/1. The third-order valence-corrected chi connectivity index (χ3v) is 8.50. The first-order chi connectivity index (χ1) is 20.8. The average molecular weight is 626 g/mol. The van der Waals surface area contributed by atoms with Crippen molar-refractivity contribution in [3.05, 3.63) is 74.3 Å². The number of fused-ring (bicyclic) bond motifs is 1. The van der Waals surface area contributed by atoms with Crippen molar-refractivity contribution in [3.8, 4) is 0 Å². The highest BCUT2D eigenvalue weighted by atomic mass is 19.4. The fourth-order valence-electron chi connectivity index (χ4n) is 6.21. The summed E-state index contributed by atoms with van der Waals surface area (Å²) in [5.41, 5.74) is -0.539. The molecule has 3 aliphatic rings. The fourth-order valence-corrected chi connectivity index (χ4v) is 6.21. The minimum atomic E-state index is -4.78. The molecular formula is C32H41F6N5O. The lowest BCUT2D eigenvalue weighted by atomic mass is 10.0. The Bertz CT molecular complexity index is 1380. The monoisotopic (exact) mass is 625 g/mol. The predicted molar refractivity (Wildman–Crippen MR) is 159 cm³/mol. The molecule has 4 rings (SSSR count). The lowest BCUT2D eigenvalue weighted by Crippen LogP contribution is -2.37. The standard InChI is InChI=1S/C32H41F6N5O/c1-4-16-42(17-9-5-6-11-23-12-8-7-10-22(19-39-23)31(3,34)35)21(2)25-20-43(18-15-26(25)33)27-14-13-24-28(32(36,37)38)30(44)41-40-29(24)27/h10,12,19,27H,2,4-9,11,13-18,20H2,1,3H3,(H,41,44)/b22-10+,23-12-,39-19+. The van der Waals surface area contributed by atoms with Crippen LogP contribution in [0.4, 0.5) is 26.3 Å². The van der Waals surface area contributed by atoms with Gasteiger partial charge in [-0.2, -0.15) is 18.3 Å². The van der Waals surface area contributed by atoms with E-state index in [4.69, 9.17) is 0 Å². The molecule has 3 heterocycles. The Hall–Kier alpha value is -3.15. The zero-order valence-corrected chi connectivity index (χ0v) is 25.4. The molecule has 0 amide bonds. The second-order valence-electron chi connectivity index (χ2n) is 11.8. The van der Waals surface area contributed by atoms with Crippen LogP contribution >= 0.6 is 0 Å². The Morgan fingerprint density at radius 3 is 2.57 bits per heavy atom. The number of aromatic nitrogens is 2. The number of halogens is 6. The van der Waals surface area contributed by atoms with Gasteiger partial charge >= 0.3 is 6.18 Å². The molecule has 1 aromatic heterocycles. The third kappa shape index (κ3) is 8.11. The molecule has 44 heavy (non-hydrogen) atoms. The van der Waals surface area contributed by atoms with Crippen molar-refractivity contribution in [1.29, 1.82) is 0 Å². The van der Waals surface area contributed by atoms with Crippen molar-refractivity contribution < 1.29 is 26.3 Å². The van der Waals surface area contributed by atoms with E-state index in [9.17, 15) is 26.7 Å². The summed E-state index contributed by atoms with van der Waals surface area (Å²) in [7, 11) is 0. The molecule has 1 aliphatic carbocycles. The highest BCUT2D eigenvalue weighted by molar-refractivity contribution is 5.81. The van der Waals surface area contributed by atoms with Crippen molar-refractivity contribution in [2.24, 2.45) is 4.99 Å². The molecule has 1 N–H and O–H groups in total. The maximum atomic E-state index is 15.2. The van der Waals surface area contributed by atoms with Crippen LogP contribution < -0.4 is 5.56 Å². The van der Waals surface area contributed by atoms with Crippen molar-refractivity contribution >= 4 is 6.21 Å². The van der Waals surface area contributed by atoms with Gasteiger partial charge in [0.15, 0.2) is 0 Å². The van der Waals surface area contributed by atoms with Crippen LogP contribution in [-0.2, 0) is 12.6 Å². The van der Waals surface area contributed by atoms with E-state index < -0.39 is 29.3 Å². The highest BCUT2D eigenvalue weighted by Crippen LogP contribution is 2.41. The number of hydrogen-bond donors (Lipinski definition) is 1. The molecule has 0 saturated heterocycles. The summed E-state index contributed by atoms with van der Waals surface area (Å²) in [4.78, 5) is 20.2. The van der Waals surface area contributed by atoms with E-state index in [2.05, 4.69) is 21.6 Å². The van der Waals surface area contributed by atoms with E-state index in [0.717, 1.165) is 38.3 Å². The number of aliphatic imine (C=N–C) groups is 1. The van der Waals surface area contributed by atoms with Gasteiger partial charge in [0, 0.05) is 68.3 Å². The Morgan fingerprint density at radius 2 is 1.86 bits per heavy atom. The first-order valence-electron chi connectivity index (χ1n) is 15.4. The van der Waals surface area contributed by atoms with Gasteiger partial charge in [-0.1, -0.05) is 32.1 Å². The quantitative estimate of drug-likeness (QED) is 0.190. The van der Waals surface area contributed by atoms with Crippen molar-refractivity contribution in [2.45, 2.75) is 96.2 Å². The highest BCUT2D eigenvalue weighted by Gasteiger charge is 2.43. The minimum absolute atomic E-state index is 0.0611. The number of nitrogens with zero attached hydrogens (tertiary/aromatic N) is 4. The van der Waals surface area contributed by atoms with E-state index in [1.165, 1.54) is 12.3 Å². The Labute approximate surface area is 254 Å². The second-order valence-corrected chi connectivity index (χ2v) is 11.8. The summed E-state index contributed by atoms with van der Waals surface area (Å²) in [6.07, 6.45) is 5.80. The molecule has 242 valence electrons. The van der Waals surface area contributed by atoms with E-state index >= 15 is 4.39 Å². The lowest BCUT2D eigenvalue weighted by molar-refractivity contribution is -0.139. The van der Waals surface area contributed by atoms with Crippen LogP contribution in [0.1, 0.15) is 94.5 Å². The number of hydrogen-bond acceptors (Lipinski definition) is 5. The second kappa shape index (κ2) is 14.3. The van der Waals surface area contributed by atoms with Crippen LogP contribution in [0.3, 0.4) is 0 Å². The Balaban J connectivity index is 1.35.